The van der Waals surface area contributed by atoms with Crippen LogP contribution in [0.15, 0.2) is 0 Å². The smallest absolute Gasteiger partial charge is 0.320 e. The van der Waals surface area contributed by atoms with Gasteiger partial charge in [-0.1, -0.05) is 136 Å². The van der Waals surface area contributed by atoms with Gasteiger partial charge in [-0.15, -0.1) is 0 Å². The Morgan fingerprint density at radius 2 is 0.824 bits per heavy atom. The fourth-order valence-electron chi connectivity index (χ4n) is 6.55. The van der Waals surface area contributed by atoms with Gasteiger partial charge in [-0.3, -0.25) is 19.3 Å². The molecule has 0 spiro atoms. The van der Waals surface area contributed by atoms with Gasteiger partial charge in [-0.05, 0) is 93.2 Å². The maximum atomic E-state index is 12.8. The van der Waals surface area contributed by atoms with Gasteiger partial charge in [0.05, 0.1) is 30.6 Å². The lowest BCUT2D eigenvalue weighted by atomic mass is 9.86. The highest BCUT2D eigenvalue weighted by Gasteiger charge is 2.29. The number of carbonyl (C=O) groups is 3. The number of esters is 3. The van der Waals surface area contributed by atoms with Crippen LogP contribution in [0.25, 0.3) is 0 Å². The highest BCUT2D eigenvalue weighted by atomic mass is 16.5. The van der Waals surface area contributed by atoms with Crippen molar-refractivity contribution in [1.29, 1.82) is 0 Å². The van der Waals surface area contributed by atoms with Crippen LogP contribution in [-0.4, -0.2) is 62.8 Å². The molecule has 0 amide bonds. The topological polar surface area (TPSA) is 82.1 Å². The minimum absolute atomic E-state index is 0.0857. The number of carbonyl (C=O) groups excluding carboxylic acids is 3. The maximum Gasteiger partial charge on any atom is 0.320 e. The van der Waals surface area contributed by atoms with E-state index in [1.165, 1.54) is 83.5 Å². The van der Waals surface area contributed by atoms with Crippen molar-refractivity contribution in [1.82, 2.24) is 4.90 Å². The quantitative estimate of drug-likeness (QED) is 0.0361. The molecule has 51 heavy (non-hydrogen) atoms. The van der Waals surface area contributed by atoms with E-state index in [1.54, 1.807) is 0 Å². The summed E-state index contributed by atoms with van der Waals surface area (Å²) >= 11 is 0. The minimum atomic E-state index is -0.482. The maximum absolute atomic E-state index is 12.8. The van der Waals surface area contributed by atoms with Gasteiger partial charge >= 0.3 is 17.9 Å². The van der Waals surface area contributed by atoms with Gasteiger partial charge in [-0.2, -0.15) is 0 Å². The van der Waals surface area contributed by atoms with Crippen molar-refractivity contribution in [2.24, 2.45) is 10.8 Å². The molecule has 1 atom stereocenters. The molecule has 0 bridgehead atoms. The molecule has 0 fully saturated rings. The van der Waals surface area contributed by atoms with Crippen molar-refractivity contribution in [3.05, 3.63) is 0 Å². The summed E-state index contributed by atoms with van der Waals surface area (Å²) in [6.45, 7) is 13.8. The highest BCUT2D eigenvalue weighted by molar-refractivity contribution is 5.76. The van der Waals surface area contributed by atoms with Gasteiger partial charge in [0.25, 0.3) is 0 Å². The third kappa shape index (κ3) is 29.5. The predicted octanol–water partition coefficient (Wildman–Crippen LogP) is 12.2. The van der Waals surface area contributed by atoms with Crippen LogP contribution in [0, 0.1) is 10.8 Å². The van der Waals surface area contributed by atoms with Crippen molar-refractivity contribution in [3.63, 3.8) is 0 Å². The predicted molar refractivity (Wildman–Crippen MR) is 214 cm³/mol. The summed E-state index contributed by atoms with van der Waals surface area (Å²) in [7, 11) is 3.75. The molecular weight excluding hydrogens is 638 g/mol. The molecule has 0 heterocycles. The molecule has 0 aliphatic heterocycles. The molecule has 302 valence electrons. The lowest BCUT2D eigenvalue weighted by molar-refractivity contribution is -0.155. The Labute approximate surface area is 316 Å². The van der Waals surface area contributed by atoms with Crippen LogP contribution in [0.4, 0.5) is 0 Å². The summed E-state index contributed by atoms with van der Waals surface area (Å²) in [5.74, 6) is -0.352. The third-order valence-electron chi connectivity index (χ3n) is 10.2. The Morgan fingerprint density at radius 3 is 1.18 bits per heavy atom. The summed E-state index contributed by atoms with van der Waals surface area (Å²) in [5.41, 5.74) is -0.963. The summed E-state index contributed by atoms with van der Waals surface area (Å²) in [5, 5.41) is 0. The standard InChI is InChI=1S/C44H85NO6/c1-9-11-13-15-17-19-21-23-31-37-50-42(48)44(5,6)35-29-25-27-33-39(51-40(46)38-45(7)8)32-26-24-28-34-43(3,4)41(47)49-36-30-22-20-18-16-14-12-10-2/h39H,9-38H2,1-8H3. The number of ether oxygens (including phenoxy) is 3. The average molecular weight is 724 g/mol. The fraction of sp³-hybridized carbons (Fsp3) is 0.932. The molecule has 0 N–H and O–H groups in total. The van der Waals surface area contributed by atoms with Crippen molar-refractivity contribution in [2.45, 2.75) is 221 Å². The first-order chi connectivity index (χ1) is 24.4. The Balaban J connectivity index is 4.36. The van der Waals surface area contributed by atoms with Crippen LogP contribution < -0.4 is 0 Å². The Kier molecular flexibility index (Phi) is 30.8. The SMILES string of the molecule is CCCCCCCCCCCOC(=O)C(C)(C)CCCCCC(CCCCCC(C)(C)C(=O)OCCCCCCCCCC)OC(=O)CN(C)C. The third-order valence-corrected chi connectivity index (χ3v) is 10.2. The van der Waals surface area contributed by atoms with Gasteiger partial charge in [-0.25, -0.2) is 0 Å². The molecule has 0 saturated heterocycles. The minimum Gasteiger partial charge on any atom is -0.465 e. The van der Waals surface area contributed by atoms with E-state index in [2.05, 4.69) is 13.8 Å². The van der Waals surface area contributed by atoms with Gasteiger partial charge in [0.1, 0.15) is 6.10 Å². The molecule has 7 heteroatoms. The number of hydrogen-bond donors (Lipinski definition) is 0. The molecule has 0 aromatic heterocycles. The fourth-order valence-corrected chi connectivity index (χ4v) is 6.55. The molecule has 0 radical (unpaired) electrons. The number of hydrogen-bond acceptors (Lipinski definition) is 7. The van der Waals surface area contributed by atoms with Crippen molar-refractivity contribution < 1.29 is 28.6 Å². The molecule has 0 saturated carbocycles. The Hall–Kier alpha value is -1.63. The van der Waals surface area contributed by atoms with E-state index in [1.807, 2.05) is 46.7 Å². The Bertz CT molecular complexity index is 855. The lowest BCUT2D eigenvalue weighted by Gasteiger charge is -2.23. The zero-order valence-electron chi connectivity index (χ0n) is 35.2. The zero-order chi connectivity index (χ0) is 38.2. The summed E-state index contributed by atoms with van der Waals surface area (Å²) < 4.78 is 17.2. The van der Waals surface area contributed by atoms with Crippen molar-refractivity contribution in [2.75, 3.05) is 33.9 Å². The zero-order valence-corrected chi connectivity index (χ0v) is 35.2. The van der Waals surface area contributed by atoms with Gasteiger partial charge < -0.3 is 14.2 Å². The van der Waals surface area contributed by atoms with Gasteiger partial charge in [0, 0.05) is 0 Å². The van der Waals surface area contributed by atoms with Crippen LogP contribution in [0.1, 0.15) is 215 Å². The average Bonchev–Trinajstić information content (AvgIpc) is 3.07. The van der Waals surface area contributed by atoms with Crippen LogP contribution in [-0.2, 0) is 28.6 Å². The molecule has 0 aliphatic rings. The summed E-state index contributed by atoms with van der Waals surface area (Å²) in [6, 6.07) is 0. The van der Waals surface area contributed by atoms with Gasteiger partial charge in [0.2, 0.25) is 0 Å². The van der Waals surface area contributed by atoms with E-state index in [4.69, 9.17) is 14.2 Å². The number of likely N-dealkylation sites (N-methyl/N-ethyl adjacent to an activating group) is 1. The van der Waals surface area contributed by atoms with E-state index in [0.717, 1.165) is 89.9 Å². The Morgan fingerprint density at radius 1 is 0.490 bits per heavy atom. The van der Waals surface area contributed by atoms with Crippen LogP contribution in [0.3, 0.4) is 0 Å². The number of rotatable bonds is 36. The summed E-state index contributed by atoms with van der Waals surface area (Å²) in [4.78, 5) is 39.8. The second-order valence-corrected chi connectivity index (χ2v) is 16.9. The number of unbranched alkanes of at least 4 members (excludes halogenated alkanes) is 19. The van der Waals surface area contributed by atoms with Crippen LogP contribution in [0.5, 0.6) is 0 Å². The normalized spacial score (nSPS) is 12.6. The van der Waals surface area contributed by atoms with E-state index in [0.29, 0.717) is 13.2 Å². The van der Waals surface area contributed by atoms with Crippen molar-refractivity contribution >= 4 is 17.9 Å². The first-order valence-electron chi connectivity index (χ1n) is 21.5. The van der Waals surface area contributed by atoms with E-state index < -0.39 is 10.8 Å². The van der Waals surface area contributed by atoms with Crippen molar-refractivity contribution in [3.8, 4) is 0 Å². The molecule has 0 aromatic rings. The molecule has 1 unspecified atom stereocenters. The molecular formula is C44H85NO6. The lowest BCUT2D eigenvalue weighted by Crippen LogP contribution is -2.28. The second kappa shape index (κ2) is 31.9. The monoisotopic (exact) mass is 724 g/mol. The van der Waals surface area contributed by atoms with E-state index in [9.17, 15) is 14.4 Å². The van der Waals surface area contributed by atoms with Crippen LogP contribution in [0.2, 0.25) is 0 Å². The number of nitrogens with zero attached hydrogens (tertiary/aromatic N) is 1. The molecule has 0 aromatic carbocycles. The summed E-state index contributed by atoms with van der Waals surface area (Å²) in [6.07, 6.45) is 30.1. The second-order valence-electron chi connectivity index (χ2n) is 16.9. The molecule has 0 rings (SSSR count). The molecule has 7 nitrogen and oxygen atoms in total. The molecule has 0 aliphatic carbocycles. The van der Waals surface area contributed by atoms with Crippen LogP contribution >= 0.6 is 0 Å². The first kappa shape index (κ1) is 49.4. The van der Waals surface area contributed by atoms with E-state index in [-0.39, 0.29) is 30.6 Å². The largest absolute Gasteiger partial charge is 0.465 e. The highest BCUT2D eigenvalue weighted by Crippen LogP contribution is 2.28. The first-order valence-corrected chi connectivity index (χ1v) is 21.5. The van der Waals surface area contributed by atoms with Gasteiger partial charge in [0.15, 0.2) is 0 Å². The van der Waals surface area contributed by atoms with E-state index >= 15 is 0 Å².